The first-order chi connectivity index (χ1) is 7.51. The number of carbonyl (C=O) groups excluding carboxylic acids is 2. The molecular weight excluding hydrogens is 208 g/mol. The molecule has 1 rings (SSSR count). The molecule has 2 atom stereocenters. The fraction of sp³-hybridized carbons (Fsp3) is 0.800. The van der Waals surface area contributed by atoms with Crippen molar-refractivity contribution in [3.63, 3.8) is 0 Å². The molecule has 0 aromatic heterocycles. The Morgan fingerprint density at radius 3 is 2.38 bits per heavy atom. The number of urea groups is 1. The molecule has 0 spiro atoms. The highest BCUT2D eigenvalue weighted by molar-refractivity contribution is 5.95. The normalized spacial score (nSPS) is 26.2. The molecule has 1 saturated heterocycles. The van der Waals surface area contributed by atoms with Crippen LogP contribution in [0.25, 0.3) is 0 Å². The minimum absolute atomic E-state index is 0.263. The zero-order valence-corrected chi connectivity index (χ0v) is 10.0. The van der Waals surface area contributed by atoms with E-state index in [2.05, 4.69) is 29.8 Å². The number of nitrogens with zero attached hydrogens (tertiary/aromatic N) is 1. The second-order valence-corrected chi connectivity index (χ2v) is 4.29. The van der Waals surface area contributed by atoms with Crippen LogP contribution in [0.4, 0.5) is 4.79 Å². The van der Waals surface area contributed by atoms with E-state index in [9.17, 15) is 9.59 Å². The maximum absolute atomic E-state index is 11.5. The molecule has 2 unspecified atom stereocenters. The fourth-order valence-corrected chi connectivity index (χ4v) is 2.00. The van der Waals surface area contributed by atoms with E-state index in [-0.39, 0.29) is 12.5 Å². The number of hydrogen-bond donors (Lipinski definition) is 3. The molecule has 1 aliphatic rings. The quantitative estimate of drug-likeness (QED) is 0.574. The number of nitrogens with one attached hydrogen (secondary N) is 3. The Morgan fingerprint density at radius 1 is 1.31 bits per heavy atom. The molecule has 0 radical (unpaired) electrons. The van der Waals surface area contributed by atoms with Gasteiger partial charge >= 0.3 is 6.03 Å². The molecule has 0 saturated carbocycles. The summed E-state index contributed by atoms with van der Waals surface area (Å²) < 4.78 is 0. The van der Waals surface area contributed by atoms with Crippen LogP contribution >= 0.6 is 0 Å². The highest BCUT2D eigenvalue weighted by atomic mass is 16.2. The molecule has 0 aromatic carbocycles. The molecule has 6 heteroatoms. The van der Waals surface area contributed by atoms with Crippen molar-refractivity contribution < 1.29 is 9.59 Å². The average Bonchev–Trinajstić information content (AvgIpc) is 2.15. The standard InChI is InChI=1S/C10H20N4O2/c1-7-4-14(5-8(2)12-7)6-9(15)13-10(16)11-3/h7-8,12H,4-6H2,1-3H3,(H2,11,13,15,16). The number of amides is 3. The van der Waals surface area contributed by atoms with Gasteiger partial charge in [0, 0.05) is 32.2 Å². The number of piperazine rings is 1. The number of rotatable bonds is 2. The predicted molar refractivity (Wildman–Crippen MR) is 61.1 cm³/mol. The van der Waals surface area contributed by atoms with Crippen molar-refractivity contribution in [1.82, 2.24) is 20.9 Å². The second-order valence-electron chi connectivity index (χ2n) is 4.29. The molecule has 3 amide bonds. The van der Waals surface area contributed by atoms with Gasteiger partial charge in [-0.15, -0.1) is 0 Å². The molecule has 3 N–H and O–H groups in total. The molecular formula is C10H20N4O2. The van der Waals surface area contributed by atoms with Gasteiger partial charge in [-0.1, -0.05) is 0 Å². The Balaban J connectivity index is 2.35. The Morgan fingerprint density at radius 2 is 1.88 bits per heavy atom. The Labute approximate surface area is 95.8 Å². The minimum Gasteiger partial charge on any atom is -0.341 e. The van der Waals surface area contributed by atoms with Crippen molar-refractivity contribution in [3.05, 3.63) is 0 Å². The smallest absolute Gasteiger partial charge is 0.321 e. The molecule has 1 aliphatic heterocycles. The van der Waals surface area contributed by atoms with E-state index in [1.54, 1.807) is 0 Å². The van der Waals surface area contributed by atoms with E-state index >= 15 is 0 Å². The average molecular weight is 228 g/mol. The molecule has 1 heterocycles. The van der Waals surface area contributed by atoms with Crippen LogP contribution in [0.3, 0.4) is 0 Å². The molecule has 92 valence electrons. The maximum atomic E-state index is 11.5. The Bertz CT molecular complexity index is 260. The summed E-state index contributed by atoms with van der Waals surface area (Å²) in [5.41, 5.74) is 0. The summed E-state index contributed by atoms with van der Waals surface area (Å²) in [5, 5.41) is 7.99. The van der Waals surface area contributed by atoms with Gasteiger partial charge in [-0.2, -0.15) is 0 Å². The summed E-state index contributed by atoms with van der Waals surface area (Å²) in [7, 11) is 1.48. The van der Waals surface area contributed by atoms with Crippen LogP contribution in [0, 0.1) is 0 Å². The van der Waals surface area contributed by atoms with Crippen LogP contribution in [0.2, 0.25) is 0 Å². The van der Waals surface area contributed by atoms with Gasteiger partial charge in [0.2, 0.25) is 5.91 Å². The lowest BCUT2D eigenvalue weighted by atomic mass is 10.1. The van der Waals surface area contributed by atoms with Crippen LogP contribution < -0.4 is 16.0 Å². The van der Waals surface area contributed by atoms with E-state index in [0.29, 0.717) is 12.1 Å². The summed E-state index contributed by atoms with van der Waals surface area (Å²) in [6.07, 6.45) is 0. The summed E-state index contributed by atoms with van der Waals surface area (Å²) in [5.74, 6) is -0.263. The van der Waals surface area contributed by atoms with E-state index < -0.39 is 6.03 Å². The molecule has 6 nitrogen and oxygen atoms in total. The number of carbonyl (C=O) groups is 2. The number of hydrogen-bond acceptors (Lipinski definition) is 4. The van der Waals surface area contributed by atoms with Crippen molar-refractivity contribution in [2.75, 3.05) is 26.7 Å². The highest BCUT2D eigenvalue weighted by Gasteiger charge is 2.22. The zero-order valence-electron chi connectivity index (χ0n) is 10.0. The highest BCUT2D eigenvalue weighted by Crippen LogP contribution is 2.02. The van der Waals surface area contributed by atoms with Gasteiger partial charge in [0.25, 0.3) is 0 Å². The first-order valence-corrected chi connectivity index (χ1v) is 5.51. The van der Waals surface area contributed by atoms with Crippen LogP contribution in [-0.2, 0) is 4.79 Å². The van der Waals surface area contributed by atoms with Crippen molar-refractivity contribution in [1.29, 1.82) is 0 Å². The van der Waals surface area contributed by atoms with Gasteiger partial charge in [0.15, 0.2) is 0 Å². The Hall–Kier alpha value is -1.14. The molecule has 0 aromatic rings. The molecule has 1 fully saturated rings. The third kappa shape index (κ3) is 4.16. The topological polar surface area (TPSA) is 73.5 Å². The molecule has 0 bridgehead atoms. The van der Waals surface area contributed by atoms with Crippen LogP contribution in [0.1, 0.15) is 13.8 Å². The maximum Gasteiger partial charge on any atom is 0.321 e. The SMILES string of the molecule is CNC(=O)NC(=O)CN1CC(C)NC(C)C1. The first-order valence-electron chi connectivity index (χ1n) is 5.51. The van der Waals surface area contributed by atoms with E-state index in [4.69, 9.17) is 0 Å². The summed E-state index contributed by atoms with van der Waals surface area (Å²) >= 11 is 0. The largest absolute Gasteiger partial charge is 0.341 e. The monoisotopic (exact) mass is 228 g/mol. The summed E-state index contributed by atoms with van der Waals surface area (Å²) in [6.45, 7) is 6.08. The van der Waals surface area contributed by atoms with Crippen molar-refractivity contribution >= 4 is 11.9 Å². The lowest BCUT2D eigenvalue weighted by Gasteiger charge is -2.35. The van der Waals surface area contributed by atoms with Gasteiger partial charge < -0.3 is 10.6 Å². The number of imide groups is 1. The molecule has 0 aliphatic carbocycles. The third-order valence-corrected chi connectivity index (χ3v) is 2.48. The zero-order chi connectivity index (χ0) is 12.1. The lowest BCUT2D eigenvalue weighted by Crippen LogP contribution is -2.56. The van der Waals surface area contributed by atoms with Crippen LogP contribution in [0.15, 0.2) is 0 Å². The van der Waals surface area contributed by atoms with E-state index in [0.717, 1.165) is 13.1 Å². The third-order valence-electron chi connectivity index (χ3n) is 2.48. The van der Waals surface area contributed by atoms with Crippen LogP contribution in [-0.4, -0.2) is 55.6 Å². The van der Waals surface area contributed by atoms with Crippen LogP contribution in [0.5, 0.6) is 0 Å². The van der Waals surface area contributed by atoms with Gasteiger partial charge in [-0.25, -0.2) is 4.79 Å². The van der Waals surface area contributed by atoms with Gasteiger partial charge in [0.05, 0.1) is 6.54 Å². The van der Waals surface area contributed by atoms with Gasteiger partial charge in [-0.05, 0) is 13.8 Å². The van der Waals surface area contributed by atoms with Gasteiger partial charge in [0.1, 0.15) is 0 Å². The predicted octanol–water partition coefficient (Wildman–Crippen LogP) is -0.876. The first kappa shape index (κ1) is 12.9. The van der Waals surface area contributed by atoms with Crippen molar-refractivity contribution in [2.45, 2.75) is 25.9 Å². The summed E-state index contributed by atoms with van der Waals surface area (Å²) in [6, 6.07) is 0.286. The van der Waals surface area contributed by atoms with E-state index in [1.807, 2.05) is 4.90 Å². The lowest BCUT2D eigenvalue weighted by molar-refractivity contribution is -0.121. The minimum atomic E-state index is -0.457. The summed E-state index contributed by atoms with van der Waals surface area (Å²) in [4.78, 5) is 24.4. The Kier molecular flexibility index (Phi) is 4.70. The fourth-order valence-electron chi connectivity index (χ4n) is 2.00. The van der Waals surface area contributed by atoms with E-state index in [1.165, 1.54) is 7.05 Å². The van der Waals surface area contributed by atoms with Gasteiger partial charge in [-0.3, -0.25) is 15.0 Å². The second kappa shape index (κ2) is 5.81. The molecule has 16 heavy (non-hydrogen) atoms. The van der Waals surface area contributed by atoms with Crippen molar-refractivity contribution in [3.8, 4) is 0 Å². The van der Waals surface area contributed by atoms with Crippen molar-refractivity contribution in [2.24, 2.45) is 0 Å².